The van der Waals surface area contributed by atoms with Gasteiger partial charge in [0.2, 0.25) is 16.1 Å². The second kappa shape index (κ2) is 8.53. The Hall–Kier alpha value is -2.71. The first-order valence-corrected chi connectivity index (χ1v) is 10.3. The van der Waals surface area contributed by atoms with Crippen LogP contribution in [0, 0.1) is 0 Å². The van der Waals surface area contributed by atoms with Crippen LogP contribution in [0.15, 0.2) is 59.5 Å². The van der Waals surface area contributed by atoms with Crippen molar-refractivity contribution in [2.24, 2.45) is 0 Å². The Morgan fingerprint density at radius 3 is 2.32 bits per heavy atom. The topological polar surface area (TPSA) is 90.0 Å². The molecule has 1 aliphatic heterocycles. The van der Waals surface area contributed by atoms with Crippen LogP contribution in [0.3, 0.4) is 0 Å². The monoisotopic (exact) mass is 403 g/mol. The third-order valence-corrected chi connectivity index (χ3v) is 6.41. The Balaban J connectivity index is 1.85. The predicted octanol–water partition coefficient (Wildman–Crippen LogP) is 2.54. The molecule has 1 heterocycles. The Kier molecular flexibility index (Phi) is 6.11. The van der Waals surface area contributed by atoms with Gasteiger partial charge in [0, 0.05) is 18.7 Å². The van der Waals surface area contributed by atoms with Crippen molar-refractivity contribution in [2.75, 3.05) is 20.2 Å². The Morgan fingerprint density at radius 2 is 1.68 bits per heavy atom. The van der Waals surface area contributed by atoms with Crippen molar-refractivity contribution in [1.82, 2.24) is 4.31 Å². The van der Waals surface area contributed by atoms with Gasteiger partial charge < -0.3 is 9.47 Å². The highest BCUT2D eigenvalue weighted by atomic mass is 32.2. The lowest BCUT2D eigenvalue weighted by molar-refractivity contribution is -0.151. The summed E-state index contributed by atoms with van der Waals surface area (Å²) >= 11 is 0. The van der Waals surface area contributed by atoms with Crippen LogP contribution in [0.4, 0.5) is 0 Å². The number of ether oxygens (including phenoxy) is 2. The quantitative estimate of drug-likeness (QED) is 0.689. The van der Waals surface area contributed by atoms with Crippen LogP contribution in [-0.2, 0) is 24.3 Å². The predicted molar refractivity (Wildman–Crippen MR) is 101 cm³/mol. The van der Waals surface area contributed by atoms with E-state index >= 15 is 0 Å². The van der Waals surface area contributed by atoms with Crippen LogP contribution in [0.1, 0.15) is 34.9 Å². The number of benzene rings is 2. The molecule has 0 N–H and O–H groups in total. The fourth-order valence-corrected chi connectivity index (χ4v) is 4.59. The lowest BCUT2D eigenvalue weighted by Gasteiger charge is -2.17. The standard InChI is InChI=1S/C20H21NO6S/c1-26-20(23)18(15-8-3-2-4-9-15)27-19(22)16-10-7-11-17(14-16)28(24,25)21-12-5-6-13-21/h2-4,7-11,14,18H,5-6,12-13H2,1H3. The van der Waals surface area contributed by atoms with Crippen molar-refractivity contribution in [3.05, 3.63) is 65.7 Å². The maximum atomic E-state index is 12.7. The van der Waals surface area contributed by atoms with Crippen LogP contribution in [0.2, 0.25) is 0 Å². The molecule has 1 unspecified atom stereocenters. The van der Waals surface area contributed by atoms with E-state index in [1.165, 1.54) is 35.7 Å². The van der Waals surface area contributed by atoms with Crippen LogP contribution in [-0.4, -0.2) is 44.9 Å². The maximum Gasteiger partial charge on any atom is 0.351 e. The third-order valence-electron chi connectivity index (χ3n) is 4.52. The Bertz CT molecular complexity index is 952. The summed E-state index contributed by atoms with van der Waals surface area (Å²) in [4.78, 5) is 24.7. The summed E-state index contributed by atoms with van der Waals surface area (Å²) in [5.74, 6) is -1.53. The minimum absolute atomic E-state index is 0.0261. The second-order valence-corrected chi connectivity index (χ2v) is 8.30. The van der Waals surface area contributed by atoms with E-state index in [4.69, 9.17) is 9.47 Å². The molecule has 148 valence electrons. The van der Waals surface area contributed by atoms with Crippen molar-refractivity contribution in [3.63, 3.8) is 0 Å². The first-order chi connectivity index (χ1) is 13.4. The van der Waals surface area contributed by atoms with Gasteiger partial charge in [-0.1, -0.05) is 36.4 Å². The molecule has 0 saturated carbocycles. The van der Waals surface area contributed by atoms with E-state index in [9.17, 15) is 18.0 Å². The van der Waals surface area contributed by atoms with Crippen molar-refractivity contribution >= 4 is 22.0 Å². The summed E-state index contributed by atoms with van der Waals surface area (Å²) in [6, 6.07) is 14.1. The molecule has 1 atom stereocenters. The van der Waals surface area contributed by atoms with Crippen molar-refractivity contribution < 1.29 is 27.5 Å². The van der Waals surface area contributed by atoms with E-state index in [2.05, 4.69) is 0 Å². The minimum Gasteiger partial charge on any atom is -0.466 e. The molecule has 1 fully saturated rings. The number of hydrogen-bond acceptors (Lipinski definition) is 6. The molecule has 2 aromatic rings. The molecule has 0 amide bonds. The maximum absolute atomic E-state index is 12.7. The fourth-order valence-electron chi connectivity index (χ4n) is 3.02. The number of sulfonamides is 1. The Morgan fingerprint density at radius 1 is 1.00 bits per heavy atom. The summed E-state index contributed by atoms with van der Waals surface area (Å²) in [6.45, 7) is 0.935. The van der Waals surface area contributed by atoms with Gasteiger partial charge in [-0.15, -0.1) is 0 Å². The molecule has 3 rings (SSSR count). The van der Waals surface area contributed by atoms with Gasteiger partial charge in [0.15, 0.2) is 0 Å². The van der Waals surface area contributed by atoms with Gasteiger partial charge in [-0.3, -0.25) is 0 Å². The smallest absolute Gasteiger partial charge is 0.351 e. The molecule has 28 heavy (non-hydrogen) atoms. The molecule has 7 nitrogen and oxygen atoms in total. The molecular weight excluding hydrogens is 382 g/mol. The Labute approximate surface area is 163 Å². The average Bonchev–Trinajstić information content (AvgIpc) is 3.28. The highest BCUT2D eigenvalue weighted by molar-refractivity contribution is 7.89. The number of rotatable bonds is 6. The van der Waals surface area contributed by atoms with Crippen LogP contribution in [0.5, 0.6) is 0 Å². The van der Waals surface area contributed by atoms with E-state index in [1.54, 1.807) is 30.3 Å². The minimum atomic E-state index is -3.66. The molecular formula is C20H21NO6S. The fraction of sp³-hybridized carbons (Fsp3) is 0.300. The molecule has 0 spiro atoms. The van der Waals surface area contributed by atoms with E-state index in [1.807, 2.05) is 0 Å². The van der Waals surface area contributed by atoms with Gasteiger partial charge in [-0.25, -0.2) is 18.0 Å². The number of nitrogens with zero attached hydrogens (tertiary/aromatic N) is 1. The number of carbonyl (C=O) groups is 2. The summed E-state index contributed by atoms with van der Waals surface area (Å²) in [5.41, 5.74) is 0.508. The van der Waals surface area contributed by atoms with Crippen LogP contribution in [0.25, 0.3) is 0 Å². The number of hydrogen-bond donors (Lipinski definition) is 0. The van der Waals surface area contributed by atoms with Crippen molar-refractivity contribution in [3.8, 4) is 0 Å². The summed E-state index contributed by atoms with van der Waals surface area (Å²) in [5, 5.41) is 0. The second-order valence-electron chi connectivity index (χ2n) is 6.36. The molecule has 0 bridgehead atoms. The van der Waals surface area contributed by atoms with Crippen molar-refractivity contribution in [1.29, 1.82) is 0 Å². The summed E-state index contributed by atoms with van der Waals surface area (Å²) < 4.78 is 36.9. The zero-order valence-electron chi connectivity index (χ0n) is 15.4. The number of esters is 2. The molecule has 1 saturated heterocycles. The van der Waals surface area contributed by atoms with Gasteiger partial charge in [-0.2, -0.15) is 4.31 Å². The van der Waals surface area contributed by atoms with E-state index in [0.29, 0.717) is 18.7 Å². The normalized spacial score (nSPS) is 15.8. The first-order valence-electron chi connectivity index (χ1n) is 8.87. The van der Waals surface area contributed by atoms with Gasteiger partial charge >= 0.3 is 11.9 Å². The average molecular weight is 403 g/mol. The molecule has 2 aromatic carbocycles. The van der Waals surface area contributed by atoms with Gasteiger partial charge in [0.1, 0.15) is 0 Å². The SMILES string of the molecule is COC(=O)C(OC(=O)c1cccc(S(=O)(=O)N2CCCC2)c1)c1ccccc1. The first kappa shape index (κ1) is 20.0. The van der Waals surface area contributed by atoms with E-state index in [0.717, 1.165) is 12.8 Å². The largest absolute Gasteiger partial charge is 0.466 e. The highest BCUT2D eigenvalue weighted by Gasteiger charge is 2.29. The van der Waals surface area contributed by atoms with E-state index < -0.39 is 28.1 Å². The zero-order valence-corrected chi connectivity index (χ0v) is 16.2. The molecule has 0 aromatic heterocycles. The third kappa shape index (κ3) is 4.23. The highest BCUT2D eigenvalue weighted by Crippen LogP contribution is 2.24. The van der Waals surface area contributed by atoms with Crippen LogP contribution < -0.4 is 0 Å². The van der Waals surface area contributed by atoms with E-state index in [-0.39, 0.29) is 10.5 Å². The lowest BCUT2D eigenvalue weighted by Crippen LogP contribution is -2.28. The summed E-state index contributed by atoms with van der Waals surface area (Å²) in [7, 11) is -2.46. The molecule has 0 aliphatic carbocycles. The molecule has 1 aliphatic rings. The van der Waals surface area contributed by atoms with Gasteiger partial charge in [0.25, 0.3) is 0 Å². The van der Waals surface area contributed by atoms with Gasteiger partial charge in [-0.05, 0) is 31.0 Å². The molecule has 0 radical (unpaired) electrons. The van der Waals surface area contributed by atoms with Gasteiger partial charge in [0.05, 0.1) is 17.6 Å². The van der Waals surface area contributed by atoms with Crippen LogP contribution >= 0.6 is 0 Å². The summed E-state index contributed by atoms with van der Waals surface area (Å²) in [6.07, 6.45) is 0.398. The van der Waals surface area contributed by atoms with Crippen molar-refractivity contribution in [2.45, 2.75) is 23.8 Å². The number of methoxy groups -OCH3 is 1. The zero-order chi connectivity index (χ0) is 20.1. The lowest BCUT2D eigenvalue weighted by atomic mass is 10.1. The molecule has 8 heteroatoms. The number of carbonyl (C=O) groups excluding carboxylic acids is 2.